The number of nitro groups is 6. The molecule has 4 rings (SSSR count). The van der Waals surface area contributed by atoms with Gasteiger partial charge in [-0.2, -0.15) is 0 Å². The van der Waals surface area contributed by atoms with E-state index in [4.69, 9.17) is 0 Å². The van der Waals surface area contributed by atoms with Gasteiger partial charge < -0.3 is 0 Å². The van der Waals surface area contributed by atoms with Crippen LogP contribution in [0.15, 0.2) is 83.7 Å². The highest BCUT2D eigenvalue weighted by atomic mass is 32.2. The van der Waals surface area contributed by atoms with Crippen LogP contribution >= 0.6 is 35.3 Å². The van der Waals surface area contributed by atoms with Gasteiger partial charge in [-0.25, -0.2) is 28.1 Å². The highest BCUT2D eigenvalue weighted by Gasteiger charge is 2.23. The molecule has 300 valence electrons. The van der Waals surface area contributed by atoms with E-state index >= 15 is 0 Å². The highest BCUT2D eigenvalue weighted by Crippen LogP contribution is 2.35. The van der Waals surface area contributed by atoms with Crippen LogP contribution in [0, 0.1) is 60.7 Å². The molecule has 0 fully saturated rings. The number of nitro benzene ring substituents is 6. The molecule has 0 aliphatic rings. The van der Waals surface area contributed by atoms with Gasteiger partial charge in [0.25, 0.3) is 34.1 Å². The van der Waals surface area contributed by atoms with Gasteiger partial charge >= 0.3 is 17.1 Å². The van der Waals surface area contributed by atoms with E-state index < -0.39 is 80.7 Å². The Morgan fingerprint density at radius 3 is 0.860 bits per heavy atom. The Bertz CT molecular complexity index is 2160. The van der Waals surface area contributed by atoms with Crippen molar-refractivity contribution in [2.75, 3.05) is 17.3 Å². The van der Waals surface area contributed by atoms with Crippen molar-refractivity contribution in [3.05, 3.63) is 147 Å². The van der Waals surface area contributed by atoms with Crippen LogP contribution in [-0.4, -0.2) is 60.5 Å². The summed E-state index contributed by atoms with van der Waals surface area (Å²) in [6.45, 7) is -0.794. The Hall–Kier alpha value is -6.48. The third kappa shape index (κ3) is 10.9. The summed E-state index contributed by atoms with van der Waals surface area (Å²) in [7, 11) is 0. The fourth-order valence-electron chi connectivity index (χ4n) is 5.12. The molecule has 0 unspecified atom stereocenters. The maximum Gasteiger partial charge on any atom is 0.336 e. The van der Waals surface area contributed by atoms with Gasteiger partial charge in [-0.1, -0.05) is 0 Å². The number of aromatic nitrogens is 3. The van der Waals surface area contributed by atoms with Gasteiger partial charge in [-0.05, 0) is 54.7 Å². The van der Waals surface area contributed by atoms with E-state index in [1.165, 1.54) is 18.2 Å². The summed E-state index contributed by atoms with van der Waals surface area (Å²) in [6.07, 6.45) is 0.183. The summed E-state index contributed by atoms with van der Waals surface area (Å²) in [5, 5.41) is 67.8. The third-order valence-corrected chi connectivity index (χ3v) is 11.2. The molecule has 0 saturated heterocycles. The molecular formula is C30H27N9O15S3. The normalized spacial score (nSPS) is 10.9. The highest BCUT2D eigenvalue weighted by molar-refractivity contribution is 7.99. The molecule has 1 heterocycles. The van der Waals surface area contributed by atoms with Crippen molar-refractivity contribution >= 4 is 69.4 Å². The van der Waals surface area contributed by atoms with Crippen molar-refractivity contribution in [3.8, 4) is 0 Å². The number of hydrogen-bond donors (Lipinski definition) is 0. The van der Waals surface area contributed by atoms with Gasteiger partial charge in [0.05, 0.1) is 62.4 Å². The lowest BCUT2D eigenvalue weighted by Gasteiger charge is -2.14. The minimum absolute atomic E-state index is 0.0610. The number of nitrogens with zero attached hydrogens (tertiary/aromatic N) is 9. The van der Waals surface area contributed by atoms with Crippen molar-refractivity contribution in [2.24, 2.45) is 0 Å². The first-order chi connectivity index (χ1) is 27.0. The minimum Gasteiger partial charge on any atom is -0.258 e. The Balaban J connectivity index is 1.55. The molecule has 0 bridgehead atoms. The standard InChI is InChI=1S/C30H27N9O15S3/c40-28-31(10-1-13-55-25-7-4-19(34(43)44)16-22(25)37(49)50)29(41)33(12-3-15-57-27-9-6-21(36(47)48)18-24(27)39(53)54)30(42)32(28)11-2-14-56-26-8-5-20(35(45)46)17-23(26)38(51)52/h4-9,16-18H,1-3,10-15H2. The van der Waals surface area contributed by atoms with Crippen LogP contribution in [0.2, 0.25) is 0 Å². The van der Waals surface area contributed by atoms with Crippen LogP contribution < -0.4 is 17.1 Å². The molecule has 0 aliphatic heterocycles. The molecule has 24 nitrogen and oxygen atoms in total. The molecule has 27 heteroatoms. The van der Waals surface area contributed by atoms with E-state index in [0.29, 0.717) is 0 Å². The molecule has 0 spiro atoms. The maximum atomic E-state index is 13.5. The number of benzene rings is 3. The molecule has 1 aromatic heterocycles. The van der Waals surface area contributed by atoms with Crippen molar-refractivity contribution in [1.29, 1.82) is 0 Å². The van der Waals surface area contributed by atoms with Crippen LogP contribution in [0.25, 0.3) is 0 Å². The Kier molecular flexibility index (Phi) is 14.7. The Morgan fingerprint density at radius 1 is 0.404 bits per heavy atom. The van der Waals surface area contributed by atoms with Crippen molar-refractivity contribution in [3.63, 3.8) is 0 Å². The zero-order valence-corrected chi connectivity index (χ0v) is 31.4. The van der Waals surface area contributed by atoms with Crippen LogP contribution in [0.3, 0.4) is 0 Å². The molecule has 4 aromatic rings. The van der Waals surface area contributed by atoms with Crippen molar-refractivity contribution in [2.45, 2.75) is 53.6 Å². The second kappa shape index (κ2) is 19.4. The summed E-state index contributed by atoms with van der Waals surface area (Å²) >= 11 is 2.84. The van der Waals surface area contributed by atoms with Gasteiger partial charge in [0, 0.05) is 37.8 Å². The molecule has 0 atom stereocenters. The molecule has 0 N–H and O–H groups in total. The van der Waals surface area contributed by atoms with Crippen LogP contribution in [0.5, 0.6) is 0 Å². The summed E-state index contributed by atoms with van der Waals surface area (Å²) in [6, 6.07) is 9.28. The summed E-state index contributed by atoms with van der Waals surface area (Å²) in [5.41, 5.74) is -6.00. The minimum atomic E-state index is -0.991. The van der Waals surface area contributed by atoms with Crippen molar-refractivity contribution in [1.82, 2.24) is 13.7 Å². The van der Waals surface area contributed by atoms with Crippen LogP contribution in [0.1, 0.15) is 19.3 Å². The first kappa shape index (κ1) is 43.3. The number of rotatable bonds is 21. The van der Waals surface area contributed by atoms with Gasteiger partial charge in [-0.3, -0.25) is 60.7 Å². The molecule has 0 saturated carbocycles. The average Bonchev–Trinajstić information content (AvgIpc) is 3.16. The molecule has 0 amide bonds. The summed E-state index contributed by atoms with van der Waals surface area (Å²) in [5.74, 6) is 0.289. The fourth-order valence-corrected chi connectivity index (χ4v) is 7.94. The Labute approximate surface area is 329 Å². The lowest BCUT2D eigenvalue weighted by atomic mass is 10.3. The van der Waals surface area contributed by atoms with E-state index in [9.17, 15) is 75.1 Å². The third-order valence-electron chi connectivity index (χ3n) is 7.79. The maximum absolute atomic E-state index is 13.5. The van der Waals surface area contributed by atoms with Crippen molar-refractivity contribution < 1.29 is 29.5 Å². The van der Waals surface area contributed by atoms with Gasteiger partial charge in [0.2, 0.25) is 0 Å². The van der Waals surface area contributed by atoms with Crippen LogP contribution in [-0.2, 0) is 19.6 Å². The zero-order chi connectivity index (χ0) is 42.0. The lowest BCUT2D eigenvalue weighted by molar-refractivity contribution is -0.396. The molecule has 3 aromatic carbocycles. The van der Waals surface area contributed by atoms with E-state index in [-0.39, 0.29) is 70.8 Å². The van der Waals surface area contributed by atoms with Gasteiger partial charge in [0.1, 0.15) is 0 Å². The van der Waals surface area contributed by atoms with E-state index in [2.05, 4.69) is 0 Å². The largest absolute Gasteiger partial charge is 0.336 e. The zero-order valence-electron chi connectivity index (χ0n) is 28.9. The Morgan fingerprint density at radius 2 is 0.649 bits per heavy atom. The predicted octanol–water partition coefficient (Wildman–Crippen LogP) is 5.17. The van der Waals surface area contributed by atoms with Crippen LogP contribution in [0.4, 0.5) is 34.1 Å². The van der Waals surface area contributed by atoms with Gasteiger partial charge in [0.15, 0.2) is 0 Å². The fraction of sp³-hybridized carbons (Fsp3) is 0.300. The predicted molar refractivity (Wildman–Crippen MR) is 204 cm³/mol. The summed E-state index contributed by atoms with van der Waals surface area (Å²) < 4.78 is 2.36. The molecule has 0 aliphatic carbocycles. The topological polar surface area (TPSA) is 325 Å². The van der Waals surface area contributed by atoms with E-state index in [1.54, 1.807) is 0 Å². The molecule has 0 radical (unpaired) electrons. The summed E-state index contributed by atoms with van der Waals surface area (Å²) in [4.78, 5) is 104. The quantitative estimate of drug-likeness (QED) is 0.0451. The smallest absolute Gasteiger partial charge is 0.258 e. The molecular weight excluding hydrogens is 823 g/mol. The first-order valence-corrected chi connectivity index (χ1v) is 19.1. The SMILES string of the molecule is O=c1n(CCCSc2ccc([N+](=O)[O-])cc2[N+](=O)[O-])c(=O)n(CCCSc2ccc([N+](=O)[O-])cc2[N+](=O)[O-])c(=O)n1CCCSc1ccc([N+](=O)[O-])cc1[N+](=O)[O-]. The number of non-ortho nitro benzene ring substituents is 3. The van der Waals surface area contributed by atoms with Gasteiger partial charge in [-0.15, -0.1) is 35.3 Å². The number of hydrogen-bond acceptors (Lipinski definition) is 18. The first-order valence-electron chi connectivity index (χ1n) is 16.1. The monoisotopic (exact) mass is 849 g/mol. The van der Waals surface area contributed by atoms with E-state index in [1.807, 2.05) is 0 Å². The average molecular weight is 850 g/mol. The second-order valence-electron chi connectivity index (χ2n) is 11.4. The lowest BCUT2D eigenvalue weighted by Crippen LogP contribution is -2.54. The second-order valence-corrected chi connectivity index (χ2v) is 14.8. The molecule has 57 heavy (non-hydrogen) atoms. The van der Waals surface area contributed by atoms with E-state index in [0.717, 1.165) is 85.4 Å². The number of thioether (sulfide) groups is 3.